The van der Waals surface area contributed by atoms with Crippen molar-refractivity contribution in [2.24, 2.45) is 11.8 Å². The fourth-order valence-electron chi connectivity index (χ4n) is 3.48. The molecule has 2 N–H and O–H groups in total. The van der Waals surface area contributed by atoms with E-state index < -0.39 is 30.2 Å². The molecule has 2 atom stereocenters. The van der Waals surface area contributed by atoms with Crippen LogP contribution in [0.15, 0.2) is 24.3 Å². The number of rotatable bonds is 9. The first-order valence-corrected chi connectivity index (χ1v) is 10.8. The van der Waals surface area contributed by atoms with Gasteiger partial charge in [-0.2, -0.15) is 0 Å². The number of aliphatic carboxylic acids is 1. The number of carbonyl (C=O) groups is 3. The van der Waals surface area contributed by atoms with Crippen LogP contribution in [0.5, 0.6) is 0 Å². The molecule has 0 aromatic heterocycles. The Morgan fingerprint density at radius 3 is 2.30 bits per heavy atom. The zero-order chi connectivity index (χ0) is 22.1. The summed E-state index contributed by atoms with van der Waals surface area (Å²) in [5, 5.41) is 12.4. The number of hydrogen-bond donors (Lipinski definition) is 2. The van der Waals surface area contributed by atoms with E-state index in [1.54, 1.807) is 38.1 Å². The summed E-state index contributed by atoms with van der Waals surface area (Å²) in [6.07, 6.45) is 2.96. The molecule has 1 aliphatic rings. The summed E-state index contributed by atoms with van der Waals surface area (Å²) in [6.45, 7) is 3.52. The van der Waals surface area contributed by atoms with Crippen LogP contribution in [0.4, 0.5) is 4.79 Å². The van der Waals surface area contributed by atoms with Gasteiger partial charge in [0.1, 0.15) is 0 Å². The Hall–Kier alpha value is -2.28. The monoisotopic (exact) mass is 439 g/mol. The van der Waals surface area contributed by atoms with Crippen molar-refractivity contribution < 1.29 is 29.0 Å². The molecule has 1 aliphatic carbocycles. The Balaban J connectivity index is 1.99. The smallest absolute Gasteiger partial charge is 0.410 e. The summed E-state index contributed by atoms with van der Waals surface area (Å²) in [6, 6.07) is 6.82. The number of hydrogen-bond acceptors (Lipinski definition) is 5. The molecule has 8 heteroatoms. The van der Waals surface area contributed by atoms with Crippen molar-refractivity contribution in [3.05, 3.63) is 34.9 Å². The topological polar surface area (TPSA) is 102 Å². The molecule has 0 radical (unpaired) electrons. The average molecular weight is 440 g/mol. The van der Waals surface area contributed by atoms with Crippen molar-refractivity contribution in [2.75, 3.05) is 6.54 Å². The zero-order valence-electron chi connectivity index (χ0n) is 17.4. The lowest BCUT2D eigenvalue weighted by molar-refractivity contribution is -0.182. The van der Waals surface area contributed by atoms with Crippen LogP contribution < -0.4 is 5.32 Å². The lowest BCUT2D eigenvalue weighted by Gasteiger charge is -2.30. The number of ether oxygens (including phenoxy) is 2. The number of carboxylic acid groups (broad SMARTS) is 1. The quantitative estimate of drug-likeness (QED) is 0.426. The molecule has 0 bridgehead atoms. The van der Waals surface area contributed by atoms with Crippen LogP contribution in [0.2, 0.25) is 5.02 Å². The van der Waals surface area contributed by atoms with Crippen molar-refractivity contribution in [1.29, 1.82) is 0 Å². The van der Waals surface area contributed by atoms with Crippen LogP contribution in [0.3, 0.4) is 0 Å². The molecular weight excluding hydrogens is 410 g/mol. The molecule has 0 heterocycles. The van der Waals surface area contributed by atoms with E-state index in [4.69, 9.17) is 21.1 Å². The number of carbonyl (C=O) groups excluding carboxylic acids is 2. The molecular formula is C22H30ClNO6. The van der Waals surface area contributed by atoms with Crippen LogP contribution in [-0.2, 0) is 19.1 Å². The predicted molar refractivity (Wildman–Crippen MR) is 112 cm³/mol. The van der Waals surface area contributed by atoms with Gasteiger partial charge in [0.15, 0.2) is 0 Å². The van der Waals surface area contributed by atoms with Gasteiger partial charge in [0.25, 0.3) is 6.29 Å². The minimum atomic E-state index is -0.976. The number of nitrogens with one attached hydrogen (secondary N) is 1. The Bertz CT molecular complexity index is 715. The highest BCUT2D eigenvalue weighted by Gasteiger charge is 2.31. The van der Waals surface area contributed by atoms with Gasteiger partial charge in [-0.15, -0.1) is 0 Å². The van der Waals surface area contributed by atoms with Crippen LogP contribution >= 0.6 is 11.6 Å². The van der Waals surface area contributed by atoms with Gasteiger partial charge >= 0.3 is 18.0 Å². The Morgan fingerprint density at radius 1 is 1.10 bits per heavy atom. The second-order valence-electron chi connectivity index (χ2n) is 7.99. The van der Waals surface area contributed by atoms with Crippen molar-refractivity contribution in [1.82, 2.24) is 5.32 Å². The summed E-state index contributed by atoms with van der Waals surface area (Å²) in [4.78, 5) is 35.7. The standard InChI is InChI=1S/C22H30ClNO6/c1-14(2)20(27)29-21(16-6-4-3-5-7-16)30-22(28)24-13-17(12-19(25)26)15-8-10-18(23)11-9-15/h8-11,14,16-17,21H,3-7,12-13H2,1-2H3,(H,24,28)(H,25,26)/t17-,21?/m0/s1. The Morgan fingerprint density at radius 2 is 1.73 bits per heavy atom. The number of amides is 1. The van der Waals surface area contributed by atoms with E-state index in [2.05, 4.69) is 5.32 Å². The van der Waals surface area contributed by atoms with Gasteiger partial charge in [-0.1, -0.05) is 56.8 Å². The second-order valence-corrected chi connectivity index (χ2v) is 8.43. The summed E-state index contributed by atoms with van der Waals surface area (Å²) in [5.41, 5.74) is 0.747. The third-order valence-electron chi connectivity index (χ3n) is 5.22. The molecule has 30 heavy (non-hydrogen) atoms. The molecule has 1 amide bonds. The molecule has 1 unspecified atom stereocenters. The average Bonchev–Trinajstić information content (AvgIpc) is 2.71. The highest BCUT2D eigenvalue weighted by molar-refractivity contribution is 6.30. The summed E-state index contributed by atoms with van der Waals surface area (Å²) in [7, 11) is 0. The van der Waals surface area contributed by atoms with Gasteiger partial charge < -0.3 is 19.9 Å². The summed E-state index contributed by atoms with van der Waals surface area (Å²) < 4.78 is 10.9. The molecule has 0 aliphatic heterocycles. The van der Waals surface area contributed by atoms with Gasteiger partial charge in [-0.25, -0.2) is 4.79 Å². The third-order valence-corrected chi connectivity index (χ3v) is 5.47. The van der Waals surface area contributed by atoms with Gasteiger partial charge in [0.05, 0.1) is 12.3 Å². The van der Waals surface area contributed by atoms with E-state index in [1.807, 2.05) is 0 Å². The first-order valence-electron chi connectivity index (χ1n) is 10.4. The minimum absolute atomic E-state index is 0.0294. The molecule has 1 saturated carbocycles. The maximum atomic E-state index is 12.4. The van der Waals surface area contributed by atoms with Crippen molar-refractivity contribution >= 4 is 29.6 Å². The first-order chi connectivity index (χ1) is 14.3. The predicted octanol–water partition coefficient (Wildman–Crippen LogP) is 4.73. The van der Waals surface area contributed by atoms with Gasteiger partial charge in [-0.05, 0) is 30.5 Å². The first kappa shape index (κ1) is 24.0. The fraction of sp³-hybridized carbons (Fsp3) is 0.591. The van der Waals surface area contributed by atoms with Crippen molar-refractivity contribution in [3.63, 3.8) is 0 Å². The van der Waals surface area contributed by atoms with E-state index in [-0.39, 0.29) is 24.8 Å². The van der Waals surface area contributed by atoms with E-state index in [0.717, 1.165) is 37.7 Å². The number of alkyl carbamates (subject to hydrolysis) is 1. The maximum Gasteiger partial charge on any atom is 0.410 e. The van der Waals surface area contributed by atoms with Crippen LogP contribution in [0, 0.1) is 11.8 Å². The molecule has 2 rings (SSSR count). The third kappa shape index (κ3) is 7.86. The van der Waals surface area contributed by atoms with Crippen LogP contribution in [0.1, 0.15) is 63.9 Å². The SMILES string of the molecule is CC(C)C(=O)OC(OC(=O)NC[C@H](CC(=O)O)c1ccc(Cl)cc1)C1CCCCC1. The number of benzene rings is 1. The lowest BCUT2D eigenvalue weighted by Crippen LogP contribution is -2.39. The van der Waals surface area contributed by atoms with Gasteiger partial charge in [0.2, 0.25) is 0 Å². The molecule has 166 valence electrons. The summed E-state index contributed by atoms with van der Waals surface area (Å²) >= 11 is 5.90. The van der Waals surface area contributed by atoms with E-state index in [9.17, 15) is 19.5 Å². The number of carboxylic acids is 1. The Labute approximate surface area is 182 Å². The number of halogens is 1. The van der Waals surface area contributed by atoms with Gasteiger partial charge in [0, 0.05) is 23.4 Å². The largest absolute Gasteiger partial charge is 0.481 e. The van der Waals surface area contributed by atoms with Crippen LogP contribution in [-0.4, -0.2) is 36.0 Å². The van der Waals surface area contributed by atoms with E-state index in [1.165, 1.54) is 0 Å². The fourth-order valence-corrected chi connectivity index (χ4v) is 3.61. The highest BCUT2D eigenvalue weighted by Crippen LogP contribution is 2.29. The molecule has 1 aromatic carbocycles. The molecule has 0 spiro atoms. The zero-order valence-corrected chi connectivity index (χ0v) is 18.2. The van der Waals surface area contributed by atoms with Gasteiger partial charge in [-0.3, -0.25) is 9.59 Å². The van der Waals surface area contributed by atoms with E-state index in [0.29, 0.717) is 5.02 Å². The molecule has 0 saturated heterocycles. The second kappa shape index (κ2) is 11.8. The van der Waals surface area contributed by atoms with Crippen molar-refractivity contribution in [2.45, 2.75) is 64.6 Å². The normalized spacial score (nSPS) is 16.5. The molecule has 1 fully saturated rings. The molecule has 1 aromatic rings. The Kier molecular flexibility index (Phi) is 9.43. The highest BCUT2D eigenvalue weighted by atomic mass is 35.5. The van der Waals surface area contributed by atoms with E-state index >= 15 is 0 Å². The lowest BCUT2D eigenvalue weighted by atomic mass is 9.89. The van der Waals surface area contributed by atoms with Crippen molar-refractivity contribution in [3.8, 4) is 0 Å². The van der Waals surface area contributed by atoms with Crippen LogP contribution in [0.25, 0.3) is 0 Å². The minimum Gasteiger partial charge on any atom is -0.481 e. The molecule has 7 nitrogen and oxygen atoms in total. The number of esters is 1. The summed E-state index contributed by atoms with van der Waals surface area (Å²) in [5.74, 6) is -2.19. The maximum absolute atomic E-state index is 12.4.